The molecule has 2 atom stereocenters. The van der Waals surface area contributed by atoms with Gasteiger partial charge in [0.05, 0.1) is 5.41 Å². The van der Waals surface area contributed by atoms with Crippen molar-refractivity contribution in [3.8, 4) is 0 Å². The number of fused-ring (bicyclic) bond motifs is 1. The molecule has 1 saturated carbocycles. The van der Waals surface area contributed by atoms with Crippen LogP contribution in [0.2, 0.25) is 0 Å². The predicted octanol–water partition coefficient (Wildman–Crippen LogP) is 1.40. The maximum Gasteiger partial charge on any atom is 0.471 e. The lowest BCUT2D eigenvalue weighted by atomic mass is 9.82. The molecule has 0 unspecified atom stereocenters. The van der Waals surface area contributed by atoms with Crippen molar-refractivity contribution >= 4 is 11.9 Å². The third kappa shape index (κ3) is 1.68. The van der Waals surface area contributed by atoms with Crippen LogP contribution in [-0.4, -0.2) is 40.6 Å². The SMILES string of the molecule is O=C(N1CC[C@@]2(C(=O)O)CCC[C@@H]12)C(F)(F)F. The zero-order valence-electron chi connectivity index (χ0n) is 8.96. The molecule has 1 N–H and O–H groups in total. The van der Waals surface area contributed by atoms with Crippen LogP contribution in [0, 0.1) is 5.41 Å². The number of alkyl halides is 3. The molecule has 0 bridgehead atoms. The molecule has 1 aliphatic heterocycles. The Kier molecular flexibility index (Phi) is 2.59. The van der Waals surface area contributed by atoms with Crippen LogP contribution in [0.15, 0.2) is 0 Å². The first-order chi connectivity index (χ1) is 7.79. The summed E-state index contributed by atoms with van der Waals surface area (Å²) in [5.41, 5.74) is -1.15. The van der Waals surface area contributed by atoms with Crippen molar-refractivity contribution < 1.29 is 27.9 Å². The van der Waals surface area contributed by atoms with Crippen LogP contribution in [0.3, 0.4) is 0 Å². The minimum atomic E-state index is -4.92. The summed E-state index contributed by atoms with van der Waals surface area (Å²) in [6.07, 6.45) is -3.55. The van der Waals surface area contributed by atoms with Crippen LogP contribution in [0.25, 0.3) is 0 Å². The van der Waals surface area contributed by atoms with Crippen LogP contribution in [0.5, 0.6) is 0 Å². The molecule has 1 saturated heterocycles. The van der Waals surface area contributed by atoms with Gasteiger partial charge in [0, 0.05) is 12.6 Å². The third-order valence-electron chi connectivity index (χ3n) is 3.84. The highest BCUT2D eigenvalue weighted by Gasteiger charge is 2.59. The summed E-state index contributed by atoms with van der Waals surface area (Å²) in [5, 5.41) is 9.16. The summed E-state index contributed by atoms with van der Waals surface area (Å²) in [7, 11) is 0. The summed E-state index contributed by atoms with van der Waals surface area (Å²) in [5.74, 6) is -3.00. The second-order valence-electron chi connectivity index (χ2n) is 4.62. The molecule has 7 heteroatoms. The van der Waals surface area contributed by atoms with E-state index < -0.39 is 29.5 Å². The Balaban J connectivity index is 2.25. The summed E-state index contributed by atoms with van der Waals surface area (Å²) in [6, 6.07) is -0.797. The van der Waals surface area contributed by atoms with E-state index in [2.05, 4.69) is 0 Å². The van der Waals surface area contributed by atoms with Crippen LogP contribution >= 0.6 is 0 Å². The van der Waals surface area contributed by atoms with Crippen molar-refractivity contribution in [3.05, 3.63) is 0 Å². The molecule has 2 rings (SSSR count). The molecule has 0 aromatic heterocycles. The highest BCUT2D eigenvalue weighted by atomic mass is 19.4. The number of nitrogens with zero attached hydrogens (tertiary/aromatic N) is 1. The standard InChI is InChI=1S/C10H12F3NO3/c11-10(12,13)7(15)14-5-4-9(8(16)17)3-1-2-6(9)14/h6H,1-5H2,(H,16,17)/t6-,9+/m1/s1. The molecule has 17 heavy (non-hydrogen) atoms. The number of hydrogen-bond donors (Lipinski definition) is 1. The van der Waals surface area contributed by atoms with Gasteiger partial charge in [0.1, 0.15) is 0 Å². The Bertz CT molecular complexity index is 368. The fraction of sp³-hybridized carbons (Fsp3) is 0.800. The van der Waals surface area contributed by atoms with E-state index in [9.17, 15) is 22.8 Å². The maximum absolute atomic E-state index is 12.3. The van der Waals surface area contributed by atoms with Gasteiger partial charge in [0.15, 0.2) is 0 Å². The number of carbonyl (C=O) groups is 2. The van der Waals surface area contributed by atoms with Crippen molar-refractivity contribution in [1.82, 2.24) is 4.90 Å². The zero-order chi connectivity index (χ0) is 12.8. The average molecular weight is 251 g/mol. The van der Waals surface area contributed by atoms with E-state index in [0.29, 0.717) is 24.2 Å². The Morgan fingerprint density at radius 1 is 1.29 bits per heavy atom. The molecule has 0 aromatic rings. The normalized spacial score (nSPS) is 32.6. The fourth-order valence-electron chi connectivity index (χ4n) is 3.04. The number of halogens is 3. The number of carboxylic acid groups (broad SMARTS) is 1. The second kappa shape index (κ2) is 3.61. The molecule has 2 aliphatic rings. The van der Waals surface area contributed by atoms with E-state index >= 15 is 0 Å². The highest BCUT2D eigenvalue weighted by molar-refractivity contribution is 5.85. The van der Waals surface area contributed by atoms with Gasteiger partial charge in [-0.05, 0) is 19.3 Å². The molecule has 4 nitrogen and oxygen atoms in total. The van der Waals surface area contributed by atoms with E-state index in [4.69, 9.17) is 5.11 Å². The van der Waals surface area contributed by atoms with Crippen molar-refractivity contribution in [1.29, 1.82) is 0 Å². The summed E-state index contributed by atoms with van der Waals surface area (Å²) in [6.45, 7) is -0.116. The Morgan fingerprint density at radius 3 is 2.47 bits per heavy atom. The highest BCUT2D eigenvalue weighted by Crippen LogP contribution is 2.49. The first-order valence-electron chi connectivity index (χ1n) is 5.40. The van der Waals surface area contributed by atoms with Gasteiger partial charge in [-0.2, -0.15) is 13.2 Å². The number of amides is 1. The van der Waals surface area contributed by atoms with Crippen molar-refractivity contribution in [2.24, 2.45) is 5.41 Å². The van der Waals surface area contributed by atoms with Gasteiger partial charge < -0.3 is 10.0 Å². The predicted molar refractivity (Wildman–Crippen MR) is 50.1 cm³/mol. The van der Waals surface area contributed by atoms with E-state index in [1.807, 2.05) is 0 Å². The smallest absolute Gasteiger partial charge is 0.471 e. The number of hydrogen-bond acceptors (Lipinski definition) is 2. The van der Waals surface area contributed by atoms with E-state index in [-0.39, 0.29) is 13.0 Å². The molecule has 2 fully saturated rings. The van der Waals surface area contributed by atoms with E-state index in [0.717, 1.165) is 0 Å². The number of carbonyl (C=O) groups excluding carboxylic acids is 1. The summed E-state index contributed by atoms with van der Waals surface area (Å²) in [4.78, 5) is 23.1. The van der Waals surface area contributed by atoms with E-state index in [1.54, 1.807) is 0 Å². The number of likely N-dealkylation sites (tertiary alicyclic amines) is 1. The van der Waals surface area contributed by atoms with Gasteiger partial charge in [0.2, 0.25) is 0 Å². The molecule has 1 aliphatic carbocycles. The third-order valence-corrected chi connectivity index (χ3v) is 3.84. The first kappa shape index (κ1) is 12.2. The second-order valence-corrected chi connectivity index (χ2v) is 4.62. The minimum absolute atomic E-state index is 0.116. The Hall–Kier alpha value is -1.27. The van der Waals surface area contributed by atoms with Crippen molar-refractivity contribution in [2.75, 3.05) is 6.54 Å². The van der Waals surface area contributed by atoms with Gasteiger partial charge in [-0.3, -0.25) is 9.59 Å². The van der Waals surface area contributed by atoms with Crippen molar-refractivity contribution in [3.63, 3.8) is 0 Å². The molecule has 0 spiro atoms. The fourth-order valence-corrected chi connectivity index (χ4v) is 3.04. The lowest BCUT2D eigenvalue weighted by molar-refractivity contribution is -0.187. The topological polar surface area (TPSA) is 57.6 Å². The quantitative estimate of drug-likeness (QED) is 0.766. The molecule has 96 valence electrons. The molecule has 0 aromatic carbocycles. The molecule has 1 amide bonds. The molecular formula is C10H12F3NO3. The number of aliphatic carboxylic acids is 1. The van der Waals surface area contributed by atoms with Crippen molar-refractivity contribution in [2.45, 2.75) is 37.9 Å². The minimum Gasteiger partial charge on any atom is -0.481 e. The van der Waals surface area contributed by atoms with Gasteiger partial charge in [-0.15, -0.1) is 0 Å². The van der Waals surface area contributed by atoms with Gasteiger partial charge >= 0.3 is 18.1 Å². The van der Waals surface area contributed by atoms with Crippen LogP contribution in [0.4, 0.5) is 13.2 Å². The zero-order valence-corrected chi connectivity index (χ0v) is 8.96. The first-order valence-corrected chi connectivity index (χ1v) is 5.40. The van der Waals surface area contributed by atoms with Crippen LogP contribution in [-0.2, 0) is 9.59 Å². The van der Waals surface area contributed by atoms with Gasteiger partial charge in [-0.1, -0.05) is 6.42 Å². The Labute approximate surface area is 95.4 Å². The maximum atomic E-state index is 12.3. The summed E-state index contributed by atoms with van der Waals surface area (Å²) >= 11 is 0. The lowest BCUT2D eigenvalue weighted by Gasteiger charge is -2.29. The van der Waals surface area contributed by atoms with Crippen LogP contribution < -0.4 is 0 Å². The number of rotatable bonds is 1. The number of carboxylic acids is 1. The molecular weight excluding hydrogens is 239 g/mol. The molecule has 1 heterocycles. The molecule has 0 radical (unpaired) electrons. The Morgan fingerprint density at radius 2 is 1.94 bits per heavy atom. The van der Waals surface area contributed by atoms with Crippen LogP contribution in [0.1, 0.15) is 25.7 Å². The monoisotopic (exact) mass is 251 g/mol. The summed E-state index contributed by atoms with van der Waals surface area (Å²) < 4.78 is 37.0. The average Bonchev–Trinajstić information content (AvgIpc) is 2.72. The van der Waals surface area contributed by atoms with Gasteiger partial charge in [0.25, 0.3) is 0 Å². The largest absolute Gasteiger partial charge is 0.481 e. The van der Waals surface area contributed by atoms with Gasteiger partial charge in [-0.25, -0.2) is 0 Å². The lowest BCUT2D eigenvalue weighted by Crippen LogP contribution is -2.47. The van der Waals surface area contributed by atoms with E-state index in [1.165, 1.54) is 0 Å².